The van der Waals surface area contributed by atoms with Crippen molar-refractivity contribution < 1.29 is 4.79 Å². The molecule has 20 heavy (non-hydrogen) atoms. The highest BCUT2D eigenvalue weighted by Gasteiger charge is 2.23. The largest absolute Gasteiger partial charge is 0.309 e. The van der Waals surface area contributed by atoms with Crippen molar-refractivity contribution in [1.29, 1.82) is 0 Å². The molecule has 1 fully saturated rings. The first-order valence-electron chi connectivity index (χ1n) is 7.32. The van der Waals surface area contributed by atoms with Crippen LogP contribution < -0.4 is 16.8 Å². The van der Waals surface area contributed by atoms with Gasteiger partial charge in [0, 0.05) is 11.7 Å². The van der Waals surface area contributed by atoms with Gasteiger partial charge in [0.1, 0.15) is 5.56 Å². The Morgan fingerprint density at radius 3 is 2.50 bits per heavy atom. The highest BCUT2D eigenvalue weighted by molar-refractivity contribution is 5.93. The Hall–Kier alpha value is -1.62. The molecule has 0 unspecified atom stereocenters. The van der Waals surface area contributed by atoms with E-state index in [1.807, 2.05) is 16.1 Å². The molecular weight excluding hydrogens is 254 g/mol. The van der Waals surface area contributed by atoms with Crippen LogP contribution in [-0.2, 0) is 0 Å². The Kier molecular flexibility index (Phi) is 4.60. The van der Waals surface area contributed by atoms with Gasteiger partial charge in [-0.05, 0) is 30.9 Å². The summed E-state index contributed by atoms with van der Waals surface area (Å²) in [6.45, 7) is 4.13. The summed E-state index contributed by atoms with van der Waals surface area (Å²) < 4.78 is 1.83. The number of hydrogen-bond acceptors (Lipinski definition) is 3. The van der Waals surface area contributed by atoms with E-state index >= 15 is 0 Å². The lowest BCUT2D eigenvalue weighted by molar-refractivity contribution is 0.0951. The first-order valence-corrected chi connectivity index (χ1v) is 7.32. The van der Waals surface area contributed by atoms with E-state index in [1.165, 1.54) is 6.42 Å². The number of nitrogens with two attached hydrogens (primary N) is 1. The van der Waals surface area contributed by atoms with Gasteiger partial charge in [-0.1, -0.05) is 33.1 Å². The topological polar surface area (TPSA) is 77.1 Å². The van der Waals surface area contributed by atoms with Crippen LogP contribution in [-0.4, -0.2) is 10.5 Å². The molecule has 1 aromatic rings. The van der Waals surface area contributed by atoms with Crippen molar-refractivity contribution in [2.24, 2.45) is 5.84 Å². The summed E-state index contributed by atoms with van der Waals surface area (Å²) in [5.41, 5.74) is 2.96. The van der Waals surface area contributed by atoms with Crippen LogP contribution in [0.15, 0.2) is 16.9 Å². The number of hydrogen-bond donors (Lipinski definition) is 2. The highest BCUT2D eigenvalue weighted by atomic mass is 16.2. The number of rotatable bonds is 3. The second-order valence-corrected chi connectivity index (χ2v) is 5.77. The summed E-state index contributed by atoms with van der Waals surface area (Å²) in [7, 11) is 0. The lowest BCUT2D eigenvalue weighted by Gasteiger charge is -2.28. The second kappa shape index (κ2) is 6.22. The number of carbonyl (C=O) groups is 1. The zero-order valence-electron chi connectivity index (χ0n) is 12.2. The molecule has 5 heteroatoms. The summed E-state index contributed by atoms with van der Waals surface area (Å²) >= 11 is 0. The van der Waals surface area contributed by atoms with Crippen LogP contribution in [0.25, 0.3) is 0 Å². The van der Waals surface area contributed by atoms with Crippen molar-refractivity contribution in [3.05, 3.63) is 33.7 Å². The van der Waals surface area contributed by atoms with Gasteiger partial charge in [-0.2, -0.15) is 0 Å². The third kappa shape index (κ3) is 2.77. The van der Waals surface area contributed by atoms with Crippen molar-refractivity contribution in [3.8, 4) is 0 Å². The molecule has 5 nitrogen and oxygen atoms in total. The summed E-state index contributed by atoms with van der Waals surface area (Å²) in [6, 6.07) is 3.67. The van der Waals surface area contributed by atoms with Crippen molar-refractivity contribution in [2.75, 3.05) is 0 Å². The maximum Gasteiger partial charge on any atom is 0.270 e. The van der Waals surface area contributed by atoms with Gasteiger partial charge < -0.3 is 4.57 Å². The van der Waals surface area contributed by atoms with E-state index in [-0.39, 0.29) is 23.1 Å². The maximum atomic E-state index is 12.6. The van der Waals surface area contributed by atoms with E-state index in [4.69, 9.17) is 5.84 Å². The lowest BCUT2D eigenvalue weighted by Crippen LogP contribution is -2.39. The van der Waals surface area contributed by atoms with Crippen LogP contribution in [0.1, 0.15) is 74.0 Å². The third-order valence-corrected chi connectivity index (χ3v) is 4.06. The van der Waals surface area contributed by atoms with Crippen LogP contribution in [0, 0.1) is 0 Å². The van der Waals surface area contributed by atoms with Gasteiger partial charge >= 0.3 is 0 Å². The molecule has 1 aliphatic carbocycles. The van der Waals surface area contributed by atoms with Gasteiger partial charge in [-0.3, -0.25) is 15.0 Å². The number of nitrogens with zero attached hydrogens (tertiary/aromatic N) is 1. The Labute approximate surface area is 119 Å². The highest BCUT2D eigenvalue weighted by Crippen LogP contribution is 2.29. The van der Waals surface area contributed by atoms with E-state index in [0.29, 0.717) is 0 Å². The molecule has 0 bridgehead atoms. The zero-order chi connectivity index (χ0) is 14.7. The third-order valence-electron chi connectivity index (χ3n) is 4.06. The number of carbonyl (C=O) groups excluding carboxylic acids is 1. The molecule has 110 valence electrons. The molecule has 1 amide bonds. The molecule has 1 aromatic heterocycles. The predicted molar refractivity (Wildman–Crippen MR) is 78.6 cm³/mol. The summed E-state index contributed by atoms with van der Waals surface area (Å²) in [5.74, 6) is 4.88. The standard InChI is InChI=1S/C15H23N3O2/c1-10(2)13-9-8-12(14(19)17-16)15(20)18(13)11-6-4-3-5-7-11/h8-11H,3-7,16H2,1-2H3,(H,17,19). The number of amides is 1. The monoisotopic (exact) mass is 277 g/mol. The number of nitrogen functional groups attached to an aromatic ring is 1. The fourth-order valence-electron chi connectivity index (χ4n) is 3.00. The summed E-state index contributed by atoms with van der Waals surface area (Å²) in [5, 5.41) is 0. The van der Waals surface area contributed by atoms with E-state index in [1.54, 1.807) is 6.07 Å². The lowest BCUT2D eigenvalue weighted by atomic mass is 9.93. The van der Waals surface area contributed by atoms with Crippen molar-refractivity contribution in [2.45, 2.75) is 57.9 Å². The average molecular weight is 277 g/mol. The molecule has 1 heterocycles. The van der Waals surface area contributed by atoms with Crippen LogP contribution >= 0.6 is 0 Å². The number of pyridine rings is 1. The minimum atomic E-state index is -0.519. The van der Waals surface area contributed by atoms with E-state index in [2.05, 4.69) is 13.8 Å². The summed E-state index contributed by atoms with van der Waals surface area (Å²) in [4.78, 5) is 24.3. The molecule has 0 saturated heterocycles. The zero-order valence-corrected chi connectivity index (χ0v) is 12.2. The van der Waals surface area contributed by atoms with Crippen molar-refractivity contribution in [3.63, 3.8) is 0 Å². The van der Waals surface area contributed by atoms with Gasteiger partial charge in [-0.15, -0.1) is 0 Å². The molecule has 2 rings (SSSR count). The van der Waals surface area contributed by atoms with E-state index in [9.17, 15) is 9.59 Å². The van der Waals surface area contributed by atoms with Gasteiger partial charge in [-0.25, -0.2) is 5.84 Å². The van der Waals surface area contributed by atoms with Crippen LogP contribution in [0.3, 0.4) is 0 Å². The van der Waals surface area contributed by atoms with Crippen molar-refractivity contribution in [1.82, 2.24) is 9.99 Å². The summed E-state index contributed by atoms with van der Waals surface area (Å²) in [6.07, 6.45) is 5.52. The first kappa shape index (κ1) is 14.8. The fourth-order valence-corrected chi connectivity index (χ4v) is 3.00. The molecule has 1 aliphatic rings. The molecule has 0 aromatic carbocycles. The first-order chi connectivity index (χ1) is 9.56. The van der Waals surface area contributed by atoms with Gasteiger partial charge in [0.2, 0.25) is 0 Å². The SMILES string of the molecule is CC(C)c1ccc(C(=O)NN)c(=O)n1C1CCCCC1. The average Bonchev–Trinajstić information content (AvgIpc) is 2.46. The molecular formula is C15H23N3O2. The Balaban J connectivity index is 2.54. The fraction of sp³-hybridized carbons (Fsp3) is 0.600. The van der Waals surface area contributed by atoms with E-state index in [0.717, 1.165) is 31.4 Å². The van der Waals surface area contributed by atoms with Crippen LogP contribution in [0.2, 0.25) is 0 Å². The quantitative estimate of drug-likeness (QED) is 0.504. The van der Waals surface area contributed by atoms with Crippen LogP contribution in [0.4, 0.5) is 0 Å². The normalized spacial score (nSPS) is 16.4. The van der Waals surface area contributed by atoms with Gasteiger partial charge in [0.15, 0.2) is 0 Å². The molecule has 0 spiro atoms. The van der Waals surface area contributed by atoms with E-state index < -0.39 is 5.91 Å². The van der Waals surface area contributed by atoms with Gasteiger partial charge in [0.25, 0.3) is 11.5 Å². The van der Waals surface area contributed by atoms with Gasteiger partial charge in [0.05, 0.1) is 0 Å². The Morgan fingerprint density at radius 1 is 1.30 bits per heavy atom. The number of nitrogens with one attached hydrogen (secondary N) is 1. The number of hydrazine groups is 1. The number of aromatic nitrogens is 1. The Bertz CT molecular complexity index is 543. The smallest absolute Gasteiger partial charge is 0.270 e. The minimum absolute atomic E-state index is 0.127. The molecule has 1 saturated carbocycles. The predicted octanol–water partition coefficient (Wildman–Crippen LogP) is 2.08. The van der Waals surface area contributed by atoms with Crippen molar-refractivity contribution >= 4 is 5.91 Å². The molecule has 0 radical (unpaired) electrons. The molecule has 0 atom stereocenters. The maximum absolute atomic E-state index is 12.6. The minimum Gasteiger partial charge on any atom is -0.309 e. The second-order valence-electron chi connectivity index (χ2n) is 5.77. The van der Waals surface area contributed by atoms with Crippen LogP contribution in [0.5, 0.6) is 0 Å². The molecule has 0 aliphatic heterocycles. The Morgan fingerprint density at radius 2 is 1.95 bits per heavy atom. The molecule has 3 N–H and O–H groups in total.